The van der Waals surface area contributed by atoms with E-state index in [1.807, 2.05) is 0 Å². The minimum atomic E-state index is -1.11. The largest absolute Gasteiger partial charge is 0.480 e. The number of rotatable bonds is 4. The Morgan fingerprint density at radius 1 is 1.47 bits per heavy atom. The van der Waals surface area contributed by atoms with Crippen LogP contribution in [0.3, 0.4) is 0 Å². The van der Waals surface area contributed by atoms with Crippen molar-refractivity contribution in [2.75, 3.05) is 5.75 Å². The van der Waals surface area contributed by atoms with Crippen molar-refractivity contribution < 1.29 is 19.4 Å². The van der Waals surface area contributed by atoms with Gasteiger partial charge in [-0.05, 0) is 32.9 Å². The fourth-order valence-electron chi connectivity index (χ4n) is 0.822. The molecule has 0 saturated carbocycles. The summed E-state index contributed by atoms with van der Waals surface area (Å²) in [6, 6.07) is -1.00. The number of nitrogens with one attached hydrogen (secondary N) is 1. The van der Waals surface area contributed by atoms with E-state index in [-0.39, 0.29) is 5.75 Å². The number of thioether (sulfide) groups is 1. The molecule has 0 rings (SSSR count). The Morgan fingerprint density at radius 2 is 2.06 bits per heavy atom. The first kappa shape index (κ1) is 15.7. The average molecular weight is 259 g/mol. The van der Waals surface area contributed by atoms with Crippen LogP contribution >= 0.6 is 11.8 Å². The molecule has 0 aliphatic heterocycles. The van der Waals surface area contributed by atoms with E-state index in [4.69, 9.17) is 9.84 Å². The molecule has 0 aromatic rings. The number of hydrogen-bond donors (Lipinski definition) is 2. The van der Waals surface area contributed by atoms with Crippen molar-refractivity contribution in [1.82, 2.24) is 5.32 Å². The molecule has 0 saturated heterocycles. The Labute approximate surface area is 105 Å². The summed E-state index contributed by atoms with van der Waals surface area (Å²) >= 11 is 1.14. The van der Waals surface area contributed by atoms with Crippen molar-refractivity contribution in [2.45, 2.75) is 39.3 Å². The lowest BCUT2D eigenvalue weighted by Gasteiger charge is -2.21. The van der Waals surface area contributed by atoms with Crippen LogP contribution in [0.1, 0.15) is 27.7 Å². The molecule has 0 aromatic carbocycles. The van der Waals surface area contributed by atoms with Gasteiger partial charge in [0.15, 0.2) is 0 Å². The SMILES string of the molecule is CC#CSCC(NC(=O)OC(C)(C)C)C(=O)O. The summed E-state index contributed by atoms with van der Waals surface area (Å²) < 4.78 is 4.97. The Kier molecular flexibility index (Phi) is 6.51. The Bertz CT molecular complexity index is 338. The molecule has 0 bridgehead atoms. The molecular weight excluding hydrogens is 242 g/mol. The standard InChI is InChI=1S/C11H17NO4S/c1-5-6-17-7-8(9(13)14)12-10(15)16-11(2,3)4/h8H,7H2,1-4H3,(H,12,15)(H,13,14). The molecule has 1 atom stereocenters. The van der Waals surface area contributed by atoms with Gasteiger partial charge < -0.3 is 15.2 Å². The minimum Gasteiger partial charge on any atom is -0.480 e. The number of alkyl carbamates (subject to hydrolysis) is 1. The second-order valence-electron chi connectivity index (χ2n) is 4.20. The van der Waals surface area contributed by atoms with Crippen molar-refractivity contribution in [3.63, 3.8) is 0 Å². The maximum absolute atomic E-state index is 11.4. The van der Waals surface area contributed by atoms with E-state index in [9.17, 15) is 9.59 Å². The molecule has 96 valence electrons. The number of amides is 1. The Balaban J connectivity index is 4.28. The molecule has 0 fully saturated rings. The lowest BCUT2D eigenvalue weighted by atomic mass is 10.2. The van der Waals surface area contributed by atoms with Gasteiger partial charge in [-0.25, -0.2) is 9.59 Å². The number of aliphatic carboxylic acids is 1. The topological polar surface area (TPSA) is 75.6 Å². The monoisotopic (exact) mass is 259 g/mol. The van der Waals surface area contributed by atoms with Gasteiger partial charge in [-0.15, -0.1) is 0 Å². The van der Waals surface area contributed by atoms with Gasteiger partial charge in [0.1, 0.15) is 11.6 Å². The van der Waals surface area contributed by atoms with Crippen molar-refractivity contribution in [2.24, 2.45) is 0 Å². The summed E-state index contributed by atoms with van der Waals surface area (Å²) in [7, 11) is 0. The molecule has 0 aliphatic rings. The second-order valence-corrected chi connectivity index (χ2v) is 5.03. The molecule has 17 heavy (non-hydrogen) atoms. The van der Waals surface area contributed by atoms with Crippen LogP contribution in [-0.4, -0.2) is 34.6 Å². The van der Waals surface area contributed by atoms with E-state index in [0.29, 0.717) is 0 Å². The highest BCUT2D eigenvalue weighted by molar-refractivity contribution is 8.03. The summed E-state index contributed by atoms with van der Waals surface area (Å²) in [6.07, 6.45) is -0.741. The molecular formula is C11H17NO4S. The van der Waals surface area contributed by atoms with Gasteiger partial charge in [-0.1, -0.05) is 17.7 Å². The highest BCUT2D eigenvalue weighted by atomic mass is 32.2. The zero-order valence-corrected chi connectivity index (χ0v) is 11.2. The Morgan fingerprint density at radius 3 is 2.47 bits per heavy atom. The second kappa shape index (κ2) is 7.07. The lowest BCUT2D eigenvalue weighted by Crippen LogP contribution is -2.44. The van der Waals surface area contributed by atoms with Gasteiger partial charge >= 0.3 is 12.1 Å². The molecule has 5 nitrogen and oxygen atoms in total. The van der Waals surface area contributed by atoms with E-state index < -0.39 is 23.7 Å². The molecule has 0 heterocycles. The highest BCUT2D eigenvalue weighted by Gasteiger charge is 2.23. The van der Waals surface area contributed by atoms with Crippen molar-refractivity contribution in [1.29, 1.82) is 0 Å². The van der Waals surface area contributed by atoms with Crippen LogP contribution in [0.25, 0.3) is 0 Å². The van der Waals surface area contributed by atoms with Gasteiger partial charge in [0, 0.05) is 5.75 Å². The lowest BCUT2D eigenvalue weighted by molar-refractivity contribution is -0.138. The zero-order valence-electron chi connectivity index (χ0n) is 10.4. The van der Waals surface area contributed by atoms with E-state index in [1.165, 1.54) is 0 Å². The van der Waals surface area contributed by atoms with Crippen LogP contribution < -0.4 is 5.32 Å². The summed E-state index contributed by atoms with van der Waals surface area (Å²) in [5, 5.41) is 13.8. The zero-order chi connectivity index (χ0) is 13.5. The molecule has 1 unspecified atom stereocenters. The molecule has 0 aromatic heterocycles. The smallest absolute Gasteiger partial charge is 0.408 e. The quantitative estimate of drug-likeness (QED) is 0.751. The molecule has 0 radical (unpaired) electrons. The van der Waals surface area contributed by atoms with Crippen LogP contribution in [-0.2, 0) is 9.53 Å². The van der Waals surface area contributed by atoms with Gasteiger partial charge in [-0.3, -0.25) is 0 Å². The van der Waals surface area contributed by atoms with Gasteiger partial charge in [-0.2, -0.15) is 0 Å². The van der Waals surface area contributed by atoms with Gasteiger partial charge in [0.25, 0.3) is 0 Å². The van der Waals surface area contributed by atoms with Crippen LogP contribution in [0.2, 0.25) is 0 Å². The van der Waals surface area contributed by atoms with Gasteiger partial charge in [0.2, 0.25) is 0 Å². The molecule has 6 heteroatoms. The number of carboxylic acids is 1. The number of carbonyl (C=O) groups is 2. The predicted octanol–water partition coefficient (Wildman–Crippen LogP) is 1.68. The van der Waals surface area contributed by atoms with Crippen molar-refractivity contribution >= 4 is 23.8 Å². The maximum Gasteiger partial charge on any atom is 0.408 e. The number of hydrogen-bond acceptors (Lipinski definition) is 4. The molecule has 0 spiro atoms. The third-order valence-electron chi connectivity index (χ3n) is 1.41. The first-order valence-corrected chi connectivity index (χ1v) is 6.00. The van der Waals surface area contributed by atoms with Crippen LogP contribution in [0.15, 0.2) is 0 Å². The predicted molar refractivity (Wildman–Crippen MR) is 66.7 cm³/mol. The summed E-state index contributed by atoms with van der Waals surface area (Å²) in [4.78, 5) is 22.2. The van der Waals surface area contributed by atoms with Crippen molar-refractivity contribution in [3.8, 4) is 11.2 Å². The Hall–Kier alpha value is -1.35. The fourth-order valence-corrected chi connectivity index (χ4v) is 1.44. The van der Waals surface area contributed by atoms with E-state index in [1.54, 1.807) is 27.7 Å². The molecule has 0 aliphatic carbocycles. The summed E-state index contributed by atoms with van der Waals surface area (Å²) in [5.41, 5.74) is -0.649. The normalized spacial score (nSPS) is 12.0. The first-order chi connectivity index (χ1) is 7.76. The van der Waals surface area contributed by atoms with Crippen molar-refractivity contribution in [3.05, 3.63) is 0 Å². The first-order valence-electron chi connectivity index (χ1n) is 5.02. The van der Waals surface area contributed by atoms with Crippen LogP contribution in [0, 0.1) is 11.2 Å². The van der Waals surface area contributed by atoms with Crippen LogP contribution in [0.4, 0.5) is 4.79 Å². The van der Waals surface area contributed by atoms with Gasteiger partial charge in [0.05, 0.1) is 0 Å². The number of ether oxygens (including phenoxy) is 1. The third kappa shape index (κ3) is 8.46. The maximum atomic E-state index is 11.4. The van der Waals surface area contributed by atoms with E-state index in [0.717, 1.165) is 11.8 Å². The van der Waals surface area contributed by atoms with E-state index in [2.05, 4.69) is 16.5 Å². The minimum absolute atomic E-state index is 0.176. The fraction of sp³-hybridized carbons (Fsp3) is 0.636. The van der Waals surface area contributed by atoms with E-state index >= 15 is 0 Å². The third-order valence-corrected chi connectivity index (χ3v) is 2.26. The molecule has 2 N–H and O–H groups in total. The molecule has 1 amide bonds. The average Bonchev–Trinajstić information content (AvgIpc) is 2.13. The summed E-state index contributed by atoms with van der Waals surface area (Å²) in [5.74, 6) is 1.70. The highest BCUT2D eigenvalue weighted by Crippen LogP contribution is 2.08. The summed E-state index contributed by atoms with van der Waals surface area (Å²) in [6.45, 7) is 6.78. The number of carboxylic acid groups (broad SMARTS) is 1. The van der Waals surface area contributed by atoms with Crippen LogP contribution in [0.5, 0.6) is 0 Å². The number of carbonyl (C=O) groups excluding carboxylic acids is 1.